The minimum atomic E-state index is -0.0350. The number of nitrogens with zero attached hydrogens (tertiary/aromatic N) is 2. The Bertz CT molecular complexity index is 687. The van der Waals surface area contributed by atoms with Gasteiger partial charge in [-0.2, -0.15) is 5.10 Å². The number of nitrogen functional groups attached to an aromatic ring is 1. The zero-order valence-electron chi connectivity index (χ0n) is 12.8. The summed E-state index contributed by atoms with van der Waals surface area (Å²) in [6.45, 7) is 4.18. The minimum Gasteiger partial charge on any atom is -0.397 e. The zero-order valence-corrected chi connectivity index (χ0v) is 13.6. The van der Waals surface area contributed by atoms with Gasteiger partial charge in [-0.3, -0.25) is 9.48 Å². The molecule has 1 amide bonds. The molecule has 21 heavy (non-hydrogen) atoms. The van der Waals surface area contributed by atoms with Gasteiger partial charge in [-0.05, 0) is 25.7 Å². The van der Waals surface area contributed by atoms with Crippen LogP contribution < -0.4 is 11.1 Å². The number of rotatable bonds is 2. The molecular formula is C15H22N4OS. The van der Waals surface area contributed by atoms with Crippen LogP contribution in [0.3, 0.4) is 0 Å². The van der Waals surface area contributed by atoms with Crippen LogP contribution in [0.25, 0.3) is 10.2 Å². The van der Waals surface area contributed by atoms with Gasteiger partial charge in [0.15, 0.2) is 0 Å². The number of thiophene rings is 1. The topological polar surface area (TPSA) is 72.9 Å². The monoisotopic (exact) mass is 306 g/mol. The van der Waals surface area contributed by atoms with E-state index in [2.05, 4.69) is 17.3 Å². The molecule has 0 aliphatic heterocycles. The first kappa shape index (κ1) is 14.4. The van der Waals surface area contributed by atoms with Gasteiger partial charge in [0, 0.05) is 13.1 Å². The number of carbonyl (C=O) groups excluding carboxylic acids is 1. The molecule has 114 valence electrons. The molecule has 0 aromatic carbocycles. The predicted octanol–water partition coefficient (Wildman–Crippen LogP) is 2.83. The van der Waals surface area contributed by atoms with Crippen LogP contribution in [0.1, 0.15) is 48.0 Å². The molecule has 3 rings (SSSR count). The summed E-state index contributed by atoms with van der Waals surface area (Å²) >= 11 is 1.43. The Kier molecular flexibility index (Phi) is 3.65. The second-order valence-electron chi connectivity index (χ2n) is 6.18. The van der Waals surface area contributed by atoms with E-state index in [1.54, 1.807) is 4.68 Å². The highest BCUT2D eigenvalue weighted by Gasteiger charge is 2.25. The van der Waals surface area contributed by atoms with E-state index in [0.717, 1.165) is 28.8 Å². The van der Waals surface area contributed by atoms with Gasteiger partial charge in [0.1, 0.15) is 9.71 Å². The lowest BCUT2D eigenvalue weighted by molar-refractivity contribution is 0.0926. The molecule has 2 atom stereocenters. The van der Waals surface area contributed by atoms with Gasteiger partial charge in [-0.25, -0.2) is 0 Å². The molecule has 1 aliphatic carbocycles. The van der Waals surface area contributed by atoms with E-state index in [4.69, 9.17) is 5.73 Å². The highest BCUT2D eigenvalue weighted by molar-refractivity contribution is 7.21. The standard InChI is InChI=1S/C15H22N4OS/c1-8-5-4-6-10(7-8)17-14(20)13-12(16)11-9(2)18-19(3)15(11)21-13/h8,10H,4-7,16H2,1-3H3,(H,17,20). The van der Waals surface area contributed by atoms with Crippen LogP contribution in [-0.2, 0) is 7.05 Å². The molecule has 0 saturated heterocycles. The average molecular weight is 306 g/mol. The molecule has 2 aromatic heterocycles. The molecule has 0 bridgehead atoms. The maximum Gasteiger partial charge on any atom is 0.263 e. The van der Waals surface area contributed by atoms with E-state index in [1.165, 1.54) is 24.2 Å². The van der Waals surface area contributed by atoms with Crippen LogP contribution >= 0.6 is 11.3 Å². The molecule has 2 heterocycles. The van der Waals surface area contributed by atoms with Crippen LogP contribution in [0.4, 0.5) is 5.69 Å². The van der Waals surface area contributed by atoms with Gasteiger partial charge in [0.2, 0.25) is 0 Å². The second kappa shape index (κ2) is 5.33. The van der Waals surface area contributed by atoms with Crippen LogP contribution in [0.15, 0.2) is 0 Å². The summed E-state index contributed by atoms with van der Waals surface area (Å²) in [4.78, 5) is 14.1. The van der Waals surface area contributed by atoms with E-state index >= 15 is 0 Å². The number of nitrogens with one attached hydrogen (secondary N) is 1. The highest BCUT2D eigenvalue weighted by Crippen LogP contribution is 2.35. The summed E-state index contributed by atoms with van der Waals surface area (Å²) in [5.74, 6) is 0.655. The summed E-state index contributed by atoms with van der Waals surface area (Å²) in [7, 11) is 1.88. The fourth-order valence-electron chi connectivity index (χ4n) is 3.31. The lowest BCUT2D eigenvalue weighted by atomic mass is 9.87. The lowest BCUT2D eigenvalue weighted by Crippen LogP contribution is -2.37. The van der Waals surface area contributed by atoms with Gasteiger partial charge in [-0.1, -0.05) is 19.8 Å². The summed E-state index contributed by atoms with van der Waals surface area (Å²) in [5, 5.41) is 8.43. The van der Waals surface area contributed by atoms with Gasteiger partial charge in [0.05, 0.1) is 16.8 Å². The number of aryl methyl sites for hydroxylation is 2. The van der Waals surface area contributed by atoms with Crippen molar-refractivity contribution in [1.29, 1.82) is 0 Å². The molecule has 3 N–H and O–H groups in total. The fourth-order valence-corrected chi connectivity index (χ4v) is 4.40. The Morgan fingerprint density at radius 3 is 2.90 bits per heavy atom. The van der Waals surface area contributed by atoms with Crippen molar-refractivity contribution in [3.63, 3.8) is 0 Å². The Labute approximate surface area is 128 Å². The third-order valence-electron chi connectivity index (χ3n) is 4.36. The quantitative estimate of drug-likeness (QED) is 0.896. The zero-order chi connectivity index (χ0) is 15.1. The van der Waals surface area contributed by atoms with Crippen LogP contribution in [0, 0.1) is 12.8 Å². The summed E-state index contributed by atoms with van der Waals surface area (Å²) in [6.07, 6.45) is 4.60. The number of hydrogen-bond acceptors (Lipinski definition) is 4. The summed E-state index contributed by atoms with van der Waals surface area (Å²) in [6, 6.07) is 0.282. The molecule has 1 fully saturated rings. The molecule has 0 spiro atoms. The Morgan fingerprint density at radius 1 is 1.48 bits per heavy atom. The molecular weight excluding hydrogens is 284 g/mol. The Hall–Kier alpha value is -1.56. The van der Waals surface area contributed by atoms with Crippen molar-refractivity contribution in [3.05, 3.63) is 10.6 Å². The van der Waals surface area contributed by atoms with E-state index in [9.17, 15) is 4.79 Å². The van der Waals surface area contributed by atoms with Crippen LogP contribution in [0.5, 0.6) is 0 Å². The van der Waals surface area contributed by atoms with Crippen molar-refractivity contribution in [3.8, 4) is 0 Å². The molecule has 1 saturated carbocycles. The van der Waals surface area contributed by atoms with Crippen molar-refractivity contribution < 1.29 is 4.79 Å². The first-order chi connectivity index (χ1) is 9.97. The largest absolute Gasteiger partial charge is 0.397 e. The molecule has 0 radical (unpaired) electrons. The van der Waals surface area contributed by atoms with Crippen LogP contribution in [0.2, 0.25) is 0 Å². The van der Waals surface area contributed by atoms with E-state index in [-0.39, 0.29) is 11.9 Å². The van der Waals surface area contributed by atoms with Crippen molar-refractivity contribution in [1.82, 2.24) is 15.1 Å². The van der Waals surface area contributed by atoms with E-state index in [0.29, 0.717) is 16.5 Å². The number of nitrogens with two attached hydrogens (primary N) is 1. The first-order valence-electron chi connectivity index (χ1n) is 7.49. The van der Waals surface area contributed by atoms with Gasteiger partial charge in [0.25, 0.3) is 5.91 Å². The average Bonchev–Trinajstić information content (AvgIpc) is 2.89. The van der Waals surface area contributed by atoms with E-state index in [1.807, 2.05) is 14.0 Å². The highest BCUT2D eigenvalue weighted by atomic mass is 32.1. The molecule has 2 aromatic rings. The number of aromatic nitrogens is 2. The fraction of sp³-hybridized carbons (Fsp3) is 0.600. The normalized spacial score (nSPS) is 22.6. The number of hydrogen-bond donors (Lipinski definition) is 2. The van der Waals surface area contributed by atoms with Crippen molar-refractivity contribution in [2.75, 3.05) is 5.73 Å². The van der Waals surface area contributed by atoms with E-state index < -0.39 is 0 Å². The SMILES string of the molecule is Cc1nn(C)c2sc(C(=O)NC3CCCC(C)C3)c(N)c12. The first-order valence-corrected chi connectivity index (χ1v) is 8.31. The molecule has 1 aliphatic rings. The van der Waals surface area contributed by atoms with Gasteiger partial charge >= 0.3 is 0 Å². The lowest BCUT2D eigenvalue weighted by Gasteiger charge is -2.27. The molecule has 5 nitrogen and oxygen atoms in total. The number of fused-ring (bicyclic) bond motifs is 1. The van der Waals surface area contributed by atoms with Gasteiger partial charge < -0.3 is 11.1 Å². The van der Waals surface area contributed by atoms with Crippen molar-refractivity contribution in [2.45, 2.75) is 45.6 Å². The molecule has 6 heteroatoms. The van der Waals surface area contributed by atoms with Crippen molar-refractivity contribution in [2.24, 2.45) is 13.0 Å². The third kappa shape index (κ3) is 2.52. The number of carbonyl (C=O) groups is 1. The van der Waals surface area contributed by atoms with Gasteiger partial charge in [-0.15, -0.1) is 11.3 Å². The maximum atomic E-state index is 12.5. The smallest absolute Gasteiger partial charge is 0.263 e. The maximum absolute atomic E-state index is 12.5. The molecule has 2 unspecified atom stereocenters. The Morgan fingerprint density at radius 2 is 2.24 bits per heavy atom. The summed E-state index contributed by atoms with van der Waals surface area (Å²) in [5.41, 5.74) is 7.64. The third-order valence-corrected chi connectivity index (χ3v) is 5.63. The number of amides is 1. The minimum absolute atomic E-state index is 0.0350. The Balaban J connectivity index is 1.84. The van der Waals surface area contributed by atoms with Crippen LogP contribution in [-0.4, -0.2) is 21.7 Å². The predicted molar refractivity (Wildman–Crippen MR) is 86.6 cm³/mol. The second-order valence-corrected chi connectivity index (χ2v) is 7.18. The summed E-state index contributed by atoms with van der Waals surface area (Å²) < 4.78 is 1.80. The number of anilines is 1. The van der Waals surface area contributed by atoms with Crippen molar-refractivity contribution >= 4 is 33.1 Å².